The fraction of sp³-hybridized carbons (Fsp3) is 0.348. The van der Waals surface area contributed by atoms with Gasteiger partial charge in [-0.2, -0.15) is 10.2 Å². The Balaban J connectivity index is 1.20. The molecule has 4 aromatic carbocycles. The maximum atomic E-state index is 15.2. The standard InChI is InChI=1S/C46H50N9O8P/c1-31(2)54(32(3)4)64(56,60-26-12-25-47)63-40-27-42(53-30-50-43-44(53)48-29-49-45(43)62-55-39-16-11-10-15-38(39)51-52-55)61-41(40)28-59-46(33-13-8-7-9-14-33,34-17-21-36(57-5)22-18-34)35-19-23-37(58-6)24-20-35/h7-11,13-24,29-32,40-42H,12,26-28H2,1-6H3/t40-,41+,42+,64?/m0/s1. The third kappa shape index (κ3) is 8.81. The Labute approximate surface area is 371 Å². The van der Waals surface area contributed by atoms with Crippen molar-refractivity contribution in [1.82, 2.24) is 39.3 Å². The van der Waals surface area contributed by atoms with E-state index in [-0.39, 0.29) is 44.0 Å². The van der Waals surface area contributed by atoms with Crippen molar-refractivity contribution >= 4 is 29.9 Å². The van der Waals surface area contributed by atoms with Crippen LogP contribution in [0.15, 0.2) is 116 Å². The molecule has 1 fully saturated rings. The lowest BCUT2D eigenvalue weighted by molar-refractivity contribution is -0.0925. The van der Waals surface area contributed by atoms with Crippen LogP contribution in [0.1, 0.15) is 63.5 Å². The molecular formula is C46H50N9O8P. The van der Waals surface area contributed by atoms with Gasteiger partial charge in [-0.25, -0.2) is 19.2 Å². The molecule has 0 saturated carbocycles. The topological polar surface area (TPSA) is 183 Å². The molecule has 1 aliphatic rings. The van der Waals surface area contributed by atoms with Gasteiger partial charge >= 0.3 is 7.75 Å². The average Bonchev–Trinajstić information content (AvgIpc) is 4.04. The fourth-order valence-corrected chi connectivity index (χ4v) is 10.5. The van der Waals surface area contributed by atoms with Crippen molar-refractivity contribution in [2.24, 2.45) is 0 Å². The number of aromatic nitrogens is 7. The summed E-state index contributed by atoms with van der Waals surface area (Å²) in [6.07, 6.45) is 0.725. The Morgan fingerprint density at radius 3 is 2.14 bits per heavy atom. The lowest BCUT2D eigenvalue weighted by Crippen LogP contribution is -2.40. The first-order valence-electron chi connectivity index (χ1n) is 21.0. The number of benzene rings is 4. The molecule has 332 valence electrons. The molecule has 7 aromatic rings. The van der Waals surface area contributed by atoms with E-state index in [9.17, 15) is 5.26 Å². The average molecular weight is 888 g/mol. The first kappa shape index (κ1) is 44.4. The molecule has 18 heteroatoms. The molecule has 0 amide bonds. The lowest BCUT2D eigenvalue weighted by atomic mass is 9.80. The highest BCUT2D eigenvalue weighted by atomic mass is 31.2. The predicted octanol–water partition coefficient (Wildman–Crippen LogP) is 8.27. The number of nitrogens with zero attached hydrogens (tertiary/aromatic N) is 9. The zero-order valence-corrected chi connectivity index (χ0v) is 37.3. The molecule has 8 rings (SSSR count). The van der Waals surface area contributed by atoms with Crippen molar-refractivity contribution in [2.45, 2.75) is 76.7 Å². The van der Waals surface area contributed by atoms with Crippen LogP contribution in [-0.2, 0) is 28.7 Å². The Bertz CT molecular complexity index is 2690. The molecular weight excluding hydrogens is 838 g/mol. The highest BCUT2D eigenvalue weighted by molar-refractivity contribution is 7.51. The third-order valence-corrected chi connectivity index (χ3v) is 13.6. The van der Waals surface area contributed by atoms with E-state index in [1.807, 2.05) is 131 Å². The summed E-state index contributed by atoms with van der Waals surface area (Å²) in [5.74, 6) is 1.52. The minimum Gasteiger partial charge on any atom is -0.497 e. The summed E-state index contributed by atoms with van der Waals surface area (Å²) in [4.78, 5) is 21.0. The molecule has 1 aliphatic heterocycles. The fourth-order valence-electron chi connectivity index (χ4n) is 8.21. The summed E-state index contributed by atoms with van der Waals surface area (Å²) in [5, 5.41) is 17.8. The summed E-state index contributed by atoms with van der Waals surface area (Å²) in [6.45, 7) is 7.56. The van der Waals surface area contributed by atoms with Gasteiger partial charge in [0, 0.05) is 18.5 Å². The molecule has 0 spiro atoms. The molecule has 0 aliphatic carbocycles. The van der Waals surface area contributed by atoms with E-state index >= 15 is 4.57 Å². The van der Waals surface area contributed by atoms with Gasteiger partial charge in [0.05, 0.1) is 46.3 Å². The van der Waals surface area contributed by atoms with Crippen molar-refractivity contribution < 1.29 is 37.4 Å². The molecule has 1 saturated heterocycles. The van der Waals surface area contributed by atoms with Crippen LogP contribution in [0, 0.1) is 11.3 Å². The normalized spacial score (nSPS) is 17.6. The van der Waals surface area contributed by atoms with Crippen LogP contribution in [0.25, 0.3) is 22.2 Å². The smallest absolute Gasteiger partial charge is 0.409 e. The molecule has 3 aromatic heterocycles. The Morgan fingerprint density at radius 2 is 1.50 bits per heavy atom. The Kier molecular flexibility index (Phi) is 13.3. The van der Waals surface area contributed by atoms with E-state index in [0.29, 0.717) is 33.7 Å². The Hall–Kier alpha value is -6.25. The number of imidazole rings is 1. The molecule has 0 radical (unpaired) electrons. The third-order valence-electron chi connectivity index (χ3n) is 11.0. The number of para-hydroxylation sites is 1. The number of fused-ring (bicyclic) bond motifs is 2. The van der Waals surface area contributed by atoms with E-state index in [2.05, 4.69) is 31.3 Å². The second-order valence-corrected chi connectivity index (χ2v) is 17.5. The van der Waals surface area contributed by atoms with Gasteiger partial charge in [0.1, 0.15) is 52.9 Å². The number of rotatable bonds is 19. The summed E-state index contributed by atoms with van der Waals surface area (Å²) < 4.78 is 57.0. The minimum atomic E-state index is -4.09. The van der Waals surface area contributed by atoms with Crippen LogP contribution in [0.2, 0.25) is 0 Å². The highest BCUT2D eigenvalue weighted by Crippen LogP contribution is 2.57. The Morgan fingerprint density at radius 1 is 0.859 bits per heavy atom. The van der Waals surface area contributed by atoms with Gasteiger partial charge in [0.25, 0.3) is 5.88 Å². The quantitative estimate of drug-likeness (QED) is 0.0429. The van der Waals surface area contributed by atoms with Gasteiger partial charge < -0.3 is 23.8 Å². The molecule has 17 nitrogen and oxygen atoms in total. The number of methoxy groups -OCH3 is 2. The second-order valence-electron chi connectivity index (χ2n) is 15.6. The van der Waals surface area contributed by atoms with Crippen LogP contribution in [0.3, 0.4) is 0 Å². The number of ether oxygens (including phenoxy) is 4. The van der Waals surface area contributed by atoms with Crippen molar-refractivity contribution in [1.29, 1.82) is 5.26 Å². The van der Waals surface area contributed by atoms with Gasteiger partial charge in [-0.05, 0) is 86.0 Å². The largest absolute Gasteiger partial charge is 0.497 e. The van der Waals surface area contributed by atoms with Gasteiger partial charge in [0.15, 0.2) is 11.2 Å². The predicted molar refractivity (Wildman–Crippen MR) is 236 cm³/mol. The maximum Gasteiger partial charge on any atom is 0.409 e. The van der Waals surface area contributed by atoms with Gasteiger partial charge in [-0.15, -0.1) is 5.10 Å². The van der Waals surface area contributed by atoms with E-state index in [1.165, 1.54) is 11.2 Å². The van der Waals surface area contributed by atoms with Gasteiger partial charge in [-0.1, -0.05) is 71.6 Å². The maximum absolute atomic E-state index is 15.2. The van der Waals surface area contributed by atoms with Crippen LogP contribution < -0.4 is 14.3 Å². The van der Waals surface area contributed by atoms with Gasteiger partial charge in [-0.3, -0.25) is 13.6 Å². The van der Waals surface area contributed by atoms with Crippen LogP contribution in [0.4, 0.5) is 0 Å². The molecule has 1 unspecified atom stereocenters. The van der Waals surface area contributed by atoms with Crippen molar-refractivity contribution in [2.75, 3.05) is 27.4 Å². The summed E-state index contributed by atoms with van der Waals surface area (Å²) in [7, 11) is -0.849. The van der Waals surface area contributed by atoms with E-state index < -0.39 is 31.8 Å². The minimum absolute atomic E-state index is 0.0204. The first-order chi connectivity index (χ1) is 31.1. The van der Waals surface area contributed by atoms with E-state index in [4.69, 9.17) is 32.8 Å². The zero-order valence-electron chi connectivity index (χ0n) is 36.4. The van der Waals surface area contributed by atoms with Crippen LogP contribution >= 0.6 is 7.75 Å². The van der Waals surface area contributed by atoms with Gasteiger partial charge in [0.2, 0.25) is 0 Å². The van der Waals surface area contributed by atoms with E-state index in [0.717, 1.165) is 16.7 Å². The number of hydrogen-bond donors (Lipinski definition) is 0. The van der Waals surface area contributed by atoms with Crippen molar-refractivity contribution in [3.8, 4) is 23.4 Å². The molecule has 4 heterocycles. The van der Waals surface area contributed by atoms with Crippen LogP contribution in [-0.4, -0.2) is 91.1 Å². The number of hydrogen-bond acceptors (Lipinski definition) is 14. The molecule has 4 atom stereocenters. The van der Waals surface area contributed by atoms with Crippen molar-refractivity contribution in [3.05, 3.63) is 132 Å². The SMILES string of the molecule is COc1ccc(C(OC[C@H]2O[C@@H](n3cnc4c(On5nnc6ccccc65)ncnc43)C[C@@H]2OP(=O)(OCCC#N)N(C(C)C)C(C)C)(c2ccccc2)c2ccc(OC)cc2)cc1. The van der Waals surface area contributed by atoms with E-state index in [1.54, 1.807) is 29.8 Å². The molecule has 0 N–H and O–H groups in total. The zero-order chi connectivity index (χ0) is 44.8. The second kappa shape index (κ2) is 19.2. The molecule has 0 bridgehead atoms. The summed E-state index contributed by atoms with van der Waals surface area (Å²) in [6, 6.07) is 34.4. The number of nitriles is 1. The molecule has 64 heavy (non-hydrogen) atoms. The summed E-state index contributed by atoms with van der Waals surface area (Å²) in [5.41, 5.74) is 3.33. The van der Waals surface area contributed by atoms with Crippen molar-refractivity contribution in [3.63, 3.8) is 0 Å². The van der Waals surface area contributed by atoms with Crippen LogP contribution in [0.5, 0.6) is 17.4 Å². The summed E-state index contributed by atoms with van der Waals surface area (Å²) >= 11 is 0. The first-order valence-corrected chi connectivity index (χ1v) is 22.5. The lowest BCUT2D eigenvalue weighted by Gasteiger charge is -2.39. The monoisotopic (exact) mass is 887 g/mol. The highest BCUT2D eigenvalue weighted by Gasteiger charge is 2.48.